The van der Waals surface area contributed by atoms with Gasteiger partial charge in [-0.05, 0) is 47.9 Å². The summed E-state index contributed by atoms with van der Waals surface area (Å²) in [7, 11) is 0. The highest BCUT2D eigenvalue weighted by atomic mass is 79.9. The van der Waals surface area contributed by atoms with E-state index in [0.29, 0.717) is 11.4 Å². The summed E-state index contributed by atoms with van der Waals surface area (Å²) in [6.07, 6.45) is 2.21. The molecule has 1 saturated heterocycles. The summed E-state index contributed by atoms with van der Waals surface area (Å²) >= 11 is 3.60. The van der Waals surface area contributed by atoms with Gasteiger partial charge in [0.25, 0.3) is 0 Å². The Balaban J connectivity index is 2.10. The number of fused-ring (bicyclic) bond motifs is 1. The Bertz CT molecular complexity index is 544. The first kappa shape index (κ1) is 11.2. The number of rotatable bonds is 1. The van der Waals surface area contributed by atoms with Crippen molar-refractivity contribution in [2.24, 2.45) is 0 Å². The predicted octanol–water partition coefficient (Wildman–Crippen LogP) is 3.54. The maximum atomic E-state index is 13.7. The van der Waals surface area contributed by atoms with Gasteiger partial charge in [0.2, 0.25) is 0 Å². The van der Waals surface area contributed by atoms with E-state index in [1.165, 1.54) is 6.07 Å². The molecule has 0 amide bonds. The van der Waals surface area contributed by atoms with Crippen molar-refractivity contribution in [1.29, 1.82) is 0 Å². The fourth-order valence-electron chi connectivity index (χ4n) is 2.56. The minimum atomic E-state index is -0.177. The van der Waals surface area contributed by atoms with Crippen LogP contribution in [0.15, 0.2) is 22.7 Å². The Morgan fingerprint density at radius 1 is 1.24 bits per heavy atom. The Morgan fingerprint density at radius 2 is 2.00 bits per heavy atom. The van der Waals surface area contributed by atoms with E-state index < -0.39 is 0 Å². The fraction of sp³-hybridized carbons (Fsp3) is 0.385. The van der Waals surface area contributed by atoms with Gasteiger partial charge in [-0.1, -0.05) is 12.1 Å². The summed E-state index contributed by atoms with van der Waals surface area (Å²) in [5, 5.41) is 4.29. The zero-order chi connectivity index (χ0) is 11.8. The molecule has 1 fully saturated rings. The lowest BCUT2D eigenvalue weighted by atomic mass is 9.95. The molecule has 1 aromatic carbocycles. The Morgan fingerprint density at radius 3 is 2.71 bits per heavy atom. The van der Waals surface area contributed by atoms with E-state index in [9.17, 15) is 4.39 Å². The predicted molar refractivity (Wildman–Crippen MR) is 70.8 cm³/mol. The van der Waals surface area contributed by atoms with Crippen molar-refractivity contribution in [3.63, 3.8) is 0 Å². The molecular weight excluding hydrogens is 283 g/mol. The van der Waals surface area contributed by atoms with E-state index in [2.05, 4.69) is 26.2 Å². The molecule has 0 radical (unpaired) electrons. The Hall–Kier alpha value is -0.870. The molecule has 1 aromatic heterocycles. The van der Waals surface area contributed by atoms with Gasteiger partial charge in [0, 0.05) is 21.5 Å². The average Bonchev–Trinajstić information content (AvgIpc) is 2.70. The molecule has 1 aliphatic rings. The third-order valence-corrected chi connectivity index (χ3v) is 4.35. The van der Waals surface area contributed by atoms with Gasteiger partial charge in [-0.3, -0.25) is 0 Å². The molecule has 90 valence electrons. The quantitative estimate of drug-likeness (QED) is 0.828. The van der Waals surface area contributed by atoms with Crippen LogP contribution in [0.4, 0.5) is 4.39 Å². The maximum Gasteiger partial charge on any atom is 0.147 e. The number of aromatic amines is 1. The highest BCUT2D eigenvalue weighted by Crippen LogP contribution is 2.36. The molecule has 2 heterocycles. The largest absolute Gasteiger partial charge is 0.355 e. The number of para-hydroxylation sites is 1. The van der Waals surface area contributed by atoms with Crippen LogP contribution in [0.3, 0.4) is 0 Å². The number of H-pyrrole nitrogens is 1. The third kappa shape index (κ3) is 1.89. The molecule has 2 N–H and O–H groups in total. The van der Waals surface area contributed by atoms with Crippen molar-refractivity contribution in [2.45, 2.75) is 18.8 Å². The summed E-state index contributed by atoms with van der Waals surface area (Å²) in [6.45, 7) is 2.07. The number of aromatic nitrogens is 1. The fourth-order valence-corrected chi connectivity index (χ4v) is 3.31. The van der Waals surface area contributed by atoms with Crippen molar-refractivity contribution in [1.82, 2.24) is 10.3 Å². The van der Waals surface area contributed by atoms with Crippen molar-refractivity contribution < 1.29 is 4.39 Å². The summed E-state index contributed by atoms with van der Waals surface area (Å²) in [5.74, 6) is 0.320. The van der Waals surface area contributed by atoms with Crippen LogP contribution in [0.25, 0.3) is 10.9 Å². The molecule has 0 bridgehead atoms. The molecule has 1 aliphatic heterocycles. The Kier molecular flexibility index (Phi) is 2.92. The van der Waals surface area contributed by atoms with E-state index in [0.717, 1.165) is 41.5 Å². The zero-order valence-electron chi connectivity index (χ0n) is 9.39. The minimum Gasteiger partial charge on any atom is -0.355 e. The smallest absolute Gasteiger partial charge is 0.147 e. The molecule has 0 spiro atoms. The minimum absolute atomic E-state index is 0.177. The van der Waals surface area contributed by atoms with Crippen LogP contribution in [0, 0.1) is 5.82 Å². The van der Waals surface area contributed by atoms with Crippen molar-refractivity contribution >= 4 is 26.8 Å². The molecule has 0 aliphatic carbocycles. The topological polar surface area (TPSA) is 27.8 Å². The summed E-state index contributed by atoms with van der Waals surface area (Å²) < 4.78 is 14.7. The van der Waals surface area contributed by atoms with Crippen molar-refractivity contribution in [2.75, 3.05) is 13.1 Å². The van der Waals surface area contributed by atoms with Gasteiger partial charge in [-0.2, -0.15) is 0 Å². The van der Waals surface area contributed by atoms with Crippen molar-refractivity contribution in [3.8, 4) is 0 Å². The van der Waals surface area contributed by atoms with Gasteiger partial charge in [0.1, 0.15) is 5.82 Å². The lowest BCUT2D eigenvalue weighted by molar-refractivity contribution is 0.454. The number of hydrogen-bond donors (Lipinski definition) is 2. The third-order valence-electron chi connectivity index (χ3n) is 3.49. The normalized spacial score (nSPS) is 17.8. The second-order valence-corrected chi connectivity index (χ2v) is 5.33. The summed E-state index contributed by atoms with van der Waals surface area (Å²) in [5.41, 5.74) is 1.76. The molecule has 0 unspecified atom stereocenters. The van der Waals surface area contributed by atoms with Gasteiger partial charge in [-0.15, -0.1) is 0 Å². The highest BCUT2D eigenvalue weighted by Gasteiger charge is 2.21. The first-order chi connectivity index (χ1) is 8.27. The van der Waals surface area contributed by atoms with E-state index >= 15 is 0 Å². The van der Waals surface area contributed by atoms with Crippen LogP contribution >= 0.6 is 15.9 Å². The van der Waals surface area contributed by atoms with Crippen LogP contribution < -0.4 is 5.32 Å². The van der Waals surface area contributed by atoms with Gasteiger partial charge in [-0.25, -0.2) is 4.39 Å². The number of piperidine rings is 1. The zero-order valence-corrected chi connectivity index (χ0v) is 11.0. The number of hydrogen-bond acceptors (Lipinski definition) is 1. The van der Waals surface area contributed by atoms with Crippen molar-refractivity contribution in [3.05, 3.63) is 34.2 Å². The molecule has 2 nitrogen and oxygen atoms in total. The molecule has 0 atom stereocenters. The number of halogens is 2. The van der Waals surface area contributed by atoms with Gasteiger partial charge in [0.05, 0.1) is 5.52 Å². The van der Waals surface area contributed by atoms with Gasteiger partial charge in [0.15, 0.2) is 0 Å². The van der Waals surface area contributed by atoms with E-state index in [1.54, 1.807) is 6.07 Å². The summed E-state index contributed by atoms with van der Waals surface area (Å²) in [4.78, 5) is 3.25. The SMILES string of the molecule is Fc1cccc2c(Br)c(C3CCNCC3)[nH]c12. The number of nitrogens with one attached hydrogen (secondary N) is 2. The Labute approximate surface area is 108 Å². The first-order valence-corrected chi connectivity index (χ1v) is 6.73. The molecule has 17 heavy (non-hydrogen) atoms. The lowest BCUT2D eigenvalue weighted by Gasteiger charge is -2.22. The molecule has 2 aromatic rings. The molecular formula is C13H14BrFN2. The summed E-state index contributed by atoms with van der Waals surface area (Å²) in [6, 6.07) is 5.20. The number of benzene rings is 1. The average molecular weight is 297 g/mol. The van der Waals surface area contributed by atoms with Crippen LogP contribution in [0.5, 0.6) is 0 Å². The molecule has 3 rings (SSSR count). The van der Waals surface area contributed by atoms with Gasteiger partial charge >= 0.3 is 0 Å². The molecule has 0 saturated carbocycles. The van der Waals surface area contributed by atoms with Crippen LogP contribution in [-0.4, -0.2) is 18.1 Å². The second-order valence-electron chi connectivity index (χ2n) is 4.54. The van der Waals surface area contributed by atoms with E-state index in [-0.39, 0.29) is 5.82 Å². The van der Waals surface area contributed by atoms with E-state index in [4.69, 9.17) is 0 Å². The monoisotopic (exact) mass is 296 g/mol. The van der Waals surface area contributed by atoms with E-state index in [1.807, 2.05) is 6.07 Å². The van der Waals surface area contributed by atoms with Crippen LogP contribution in [0.2, 0.25) is 0 Å². The lowest BCUT2D eigenvalue weighted by Crippen LogP contribution is -2.26. The first-order valence-electron chi connectivity index (χ1n) is 5.93. The maximum absolute atomic E-state index is 13.7. The van der Waals surface area contributed by atoms with Crippen LogP contribution in [0.1, 0.15) is 24.5 Å². The standard InChI is InChI=1S/C13H14BrFN2/c14-11-9-2-1-3-10(15)13(9)17-12(11)8-4-6-16-7-5-8/h1-3,8,16-17H,4-7H2. The second kappa shape index (κ2) is 4.42. The highest BCUT2D eigenvalue weighted by molar-refractivity contribution is 9.10. The van der Waals surface area contributed by atoms with Gasteiger partial charge < -0.3 is 10.3 Å². The van der Waals surface area contributed by atoms with Crippen LogP contribution in [-0.2, 0) is 0 Å². The molecule has 4 heteroatoms.